The third-order valence-electron chi connectivity index (χ3n) is 2.94. The highest BCUT2D eigenvalue weighted by molar-refractivity contribution is 5.97. The first-order valence-electron chi connectivity index (χ1n) is 5.55. The largest absolute Gasteiger partial charge is 0.508 e. The van der Waals surface area contributed by atoms with Gasteiger partial charge in [-0.25, -0.2) is 0 Å². The molecule has 0 aliphatic carbocycles. The number of carbonyl (C=O) groups excluding carboxylic acids is 1. The number of benzene rings is 1. The minimum Gasteiger partial charge on any atom is -0.508 e. The minimum atomic E-state index is -0.203. The summed E-state index contributed by atoms with van der Waals surface area (Å²) in [5, 5.41) is 18.8. The molecule has 4 nitrogen and oxygen atoms in total. The molecule has 0 radical (unpaired) electrons. The molecule has 1 aliphatic rings. The second-order valence-electron chi connectivity index (χ2n) is 4.25. The van der Waals surface area contributed by atoms with Gasteiger partial charge in [0.25, 0.3) is 5.91 Å². The molecule has 17 heavy (non-hydrogen) atoms. The molecule has 0 atom stereocenters. The van der Waals surface area contributed by atoms with E-state index in [4.69, 9.17) is 5.11 Å². The highest BCUT2D eigenvalue weighted by Crippen LogP contribution is 2.24. The monoisotopic (exact) mass is 233 g/mol. The molecule has 4 heteroatoms. The van der Waals surface area contributed by atoms with Gasteiger partial charge in [-0.3, -0.25) is 4.79 Å². The van der Waals surface area contributed by atoms with Crippen LogP contribution >= 0.6 is 0 Å². The van der Waals surface area contributed by atoms with E-state index < -0.39 is 0 Å². The van der Waals surface area contributed by atoms with Crippen LogP contribution in [0.4, 0.5) is 0 Å². The van der Waals surface area contributed by atoms with Gasteiger partial charge in [0.15, 0.2) is 0 Å². The topological polar surface area (TPSA) is 60.8 Å². The van der Waals surface area contributed by atoms with Gasteiger partial charge in [-0.05, 0) is 25.5 Å². The Balaban J connectivity index is 2.20. The van der Waals surface area contributed by atoms with Crippen molar-refractivity contribution in [2.45, 2.75) is 13.3 Å². The van der Waals surface area contributed by atoms with Crippen LogP contribution in [0, 0.1) is 0 Å². The molecular formula is C13H15NO3. The maximum Gasteiger partial charge on any atom is 0.257 e. The van der Waals surface area contributed by atoms with E-state index in [0.717, 1.165) is 6.42 Å². The lowest BCUT2D eigenvalue weighted by molar-refractivity contribution is 0.0766. The maximum atomic E-state index is 12.1. The molecule has 1 amide bonds. The lowest BCUT2D eigenvalue weighted by Crippen LogP contribution is -2.34. The van der Waals surface area contributed by atoms with E-state index in [0.29, 0.717) is 13.1 Å². The molecule has 1 aromatic carbocycles. The predicted molar refractivity (Wildman–Crippen MR) is 64.0 cm³/mol. The summed E-state index contributed by atoms with van der Waals surface area (Å²) in [6.07, 6.45) is 2.88. The third-order valence-corrected chi connectivity index (χ3v) is 2.94. The number of amides is 1. The van der Waals surface area contributed by atoms with Crippen molar-refractivity contribution in [2.24, 2.45) is 0 Å². The Morgan fingerprint density at radius 1 is 1.35 bits per heavy atom. The van der Waals surface area contributed by atoms with Gasteiger partial charge < -0.3 is 15.1 Å². The first kappa shape index (κ1) is 11.5. The second-order valence-corrected chi connectivity index (χ2v) is 4.25. The Bertz CT molecular complexity index is 480. The van der Waals surface area contributed by atoms with Crippen LogP contribution < -0.4 is 0 Å². The lowest BCUT2D eigenvalue weighted by Gasteiger charge is -2.25. The molecule has 0 saturated heterocycles. The summed E-state index contributed by atoms with van der Waals surface area (Å²) >= 11 is 0. The molecule has 0 aromatic heterocycles. The number of phenols is 2. The average molecular weight is 233 g/mol. The van der Waals surface area contributed by atoms with Gasteiger partial charge in [-0.15, -0.1) is 0 Å². The highest BCUT2D eigenvalue weighted by Gasteiger charge is 2.20. The van der Waals surface area contributed by atoms with Crippen LogP contribution in [0.2, 0.25) is 0 Å². The molecule has 2 rings (SSSR count). The Morgan fingerprint density at radius 3 is 2.71 bits per heavy atom. The summed E-state index contributed by atoms with van der Waals surface area (Å²) in [7, 11) is 0. The van der Waals surface area contributed by atoms with Crippen molar-refractivity contribution in [3.05, 3.63) is 35.4 Å². The maximum absolute atomic E-state index is 12.1. The summed E-state index contributed by atoms with van der Waals surface area (Å²) in [5.74, 6) is -0.430. The SMILES string of the molecule is CC1=CCN(C(=O)c2ccc(O)cc2O)CC1. The van der Waals surface area contributed by atoms with Crippen molar-refractivity contribution < 1.29 is 15.0 Å². The summed E-state index contributed by atoms with van der Waals surface area (Å²) < 4.78 is 0. The lowest BCUT2D eigenvalue weighted by atomic mass is 10.1. The van der Waals surface area contributed by atoms with Crippen molar-refractivity contribution >= 4 is 5.91 Å². The molecule has 0 saturated carbocycles. The van der Waals surface area contributed by atoms with Gasteiger partial charge in [0.1, 0.15) is 11.5 Å². The molecule has 0 fully saturated rings. The molecule has 1 aliphatic heterocycles. The fourth-order valence-electron chi connectivity index (χ4n) is 1.83. The van der Waals surface area contributed by atoms with Crippen molar-refractivity contribution in [1.82, 2.24) is 4.90 Å². The van der Waals surface area contributed by atoms with Crippen molar-refractivity contribution in [1.29, 1.82) is 0 Å². The number of hydrogen-bond acceptors (Lipinski definition) is 3. The summed E-state index contributed by atoms with van der Waals surface area (Å²) in [5.41, 5.74) is 1.51. The molecule has 1 heterocycles. The van der Waals surface area contributed by atoms with Crippen LogP contribution in [-0.4, -0.2) is 34.1 Å². The smallest absolute Gasteiger partial charge is 0.257 e. The minimum absolute atomic E-state index is 0.0477. The molecule has 90 valence electrons. The number of phenolic OH excluding ortho intramolecular Hbond substituents is 2. The zero-order chi connectivity index (χ0) is 12.4. The summed E-state index contributed by atoms with van der Waals surface area (Å²) in [4.78, 5) is 13.8. The molecule has 0 unspecified atom stereocenters. The van der Waals surface area contributed by atoms with E-state index in [1.54, 1.807) is 4.90 Å². The first-order valence-corrected chi connectivity index (χ1v) is 5.55. The number of rotatable bonds is 1. The number of aromatic hydroxyl groups is 2. The number of carbonyl (C=O) groups is 1. The van der Waals surface area contributed by atoms with E-state index in [1.165, 1.54) is 23.8 Å². The fourth-order valence-corrected chi connectivity index (χ4v) is 1.83. The highest BCUT2D eigenvalue weighted by atomic mass is 16.3. The van der Waals surface area contributed by atoms with Crippen LogP contribution in [0.3, 0.4) is 0 Å². The van der Waals surface area contributed by atoms with Crippen LogP contribution in [0.15, 0.2) is 29.8 Å². The predicted octanol–water partition coefficient (Wildman–Crippen LogP) is 1.89. The molecule has 0 spiro atoms. The van der Waals surface area contributed by atoms with Gasteiger partial charge in [0.05, 0.1) is 5.56 Å². The fraction of sp³-hybridized carbons (Fsp3) is 0.308. The zero-order valence-electron chi connectivity index (χ0n) is 9.68. The Labute approximate surface area is 99.8 Å². The van der Waals surface area contributed by atoms with Gasteiger partial charge >= 0.3 is 0 Å². The molecule has 0 bridgehead atoms. The number of nitrogens with zero attached hydrogens (tertiary/aromatic N) is 1. The Morgan fingerprint density at radius 2 is 2.12 bits per heavy atom. The van der Waals surface area contributed by atoms with Gasteiger partial charge in [-0.2, -0.15) is 0 Å². The van der Waals surface area contributed by atoms with Gasteiger partial charge in [0.2, 0.25) is 0 Å². The van der Waals surface area contributed by atoms with Crippen molar-refractivity contribution in [2.75, 3.05) is 13.1 Å². The normalized spacial score (nSPS) is 15.6. The summed E-state index contributed by atoms with van der Waals surface area (Å²) in [6, 6.07) is 4.02. The Kier molecular flexibility index (Phi) is 3.04. The van der Waals surface area contributed by atoms with Crippen LogP contribution in [-0.2, 0) is 0 Å². The summed E-state index contributed by atoms with van der Waals surface area (Å²) in [6.45, 7) is 3.28. The van der Waals surface area contributed by atoms with Crippen molar-refractivity contribution in [3.8, 4) is 11.5 Å². The molecule has 1 aromatic rings. The van der Waals surface area contributed by atoms with Crippen LogP contribution in [0.1, 0.15) is 23.7 Å². The van der Waals surface area contributed by atoms with E-state index in [1.807, 2.05) is 13.0 Å². The van der Waals surface area contributed by atoms with Crippen LogP contribution in [0.25, 0.3) is 0 Å². The molecular weight excluding hydrogens is 218 g/mol. The van der Waals surface area contributed by atoms with E-state index in [9.17, 15) is 9.90 Å². The standard InChI is InChI=1S/C13H15NO3/c1-9-4-6-14(7-5-9)13(17)11-3-2-10(15)8-12(11)16/h2-4,8,15-16H,5-7H2,1H3. The quantitative estimate of drug-likeness (QED) is 0.728. The van der Waals surface area contributed by atoms with Crippen LogP contribution in [0.5, 0.6) is 11.5 Å². The van der Waals surface area contributed by atoms with E-state index in [-0.39, 0.29) is 23.0 Å². The third kappa shape index (κ3) is 2.41. The van der Waals surface area contributed by atoms with E-state index in [2.05, 4.69) is 0 Å². The zero-order valence-corrected chi connectivity index (χ0v) is 9.68. The van der Waals surface area contributed by atoms with Crippen molar-refractivity contribution in [3.63, 3.8) is 0 Å². The van der Waals surface area contributed by atoms with Gasteiger partial charge in [0, 0.05) is 19.2 Å². The Hall–Kier alpha value is -1.97. The second kappa shape index (κ2) is 4.49. The first-order chi connectivity index (χ1) is 8.08. The molecule has 2 N–H and O–H groups in total. The van der Waals surface area contributed by atoms with E-state index >= 15 is 0 Å². The number of hydrogen-bond donors (Lipinski definition) is 2. The average Bonchev–Trinajstić information content (AvgIpc) is 2.29. The van der Waals surface area contributed by atoms with Gasteiger partial charge in [-0.1, -0.05) is 11.6 Å².